The van der Waals surface area contributed by atoms with Gasteiger partial charge in [0.25, 0.3) is 0 Å². The second-order valence-corrected chi connectivity index (χ2v) is 10.1. The van der Waals surface area contributed by atoms with E-state index in [9.17, 15) is 9.59 Å². The van der Waals surface area contributed by atoms with Gasteiger partial charge in [0.05, 0.1) is 17.4 Å². The number of anilines is 3. The van der Waals surface area contributed by atoms with Gasteiger partial charge in [-0.25, -0.2) is 0 Å². The molecule has 0 fully saturated rings. The molecule has 36 heavy (non-hydrogen) atoms. The summed E-state index contributed by atoms with van der Waals surface area (Å²) in [5.41, 5.74) is 6.26. The Bertz CT molecular complexity index is 1330. The second kappa shape index (κ2) is 9.82. The molecular weight excluding hydrogens is 470 g/mol. The molecule has 0 spiro atoms. The molecule has 1 aliphatic heterocycles. The maximum atomic E-state index is 13.9. The number of nitrogens with zero attached hydrogens (tertiary/aromatic N) is 2. The lowest BCUT2D eigenvalue weighted by atomic mass is 9.78. The molecule has 1 heterocycles. The number of Topliss-reactive ketones (excluding diaryl/α,β-unsaturated/α-hetero) is 1. The van der Waals surface area contributed by atoms with Crippen LogP contribution in [0.4, 0.5) is 17.1 Å². The molecule has 0 saturated heterocycles. The first-order chi connectivity index (χ1) is 17.4. The van der Waals surface area contributed by atoms with E-state index in [4.69, 9.17) is 11.6 Å². The molecule has 2 atom stereocenters. The quantitative estimate of drug-likeness (QED) is 0.433. The van der Waals surface area contributed by atoms with Crippen LogP contribution in [0.5, 0.6) is 0 Å². The van der Waals surface area contributed by atoms with Crippen molar-refractivity contribution in [1.29, 1.82) is 0 Å². The van der Waals surface area contributed by atoms with Crippen molar-refractivity contribution in [3.63, 3.8) is 0 Å². The number of rotatable bonds is 4. The van der Waals surface area contributed by atoms with E-state index in [1.54, 1.807) is 0 Å². The molecule has 1 aliphatic carbocycles. The number of nitrogens with one attached hydrogen (secondary N) is 1. The van der Waals surface area contributed by atoms with Gasteiger partial charge < -0.3 is 10.2 Å². The van der Waals surface area contributed by atoms with Crippen LogP contribution in [0.1, 0.15) is 49.3 Å². The van der Waals surface area contributed by atoms with Gasteiger partial charge in [-0.3, -0.25) is 14.5 Å². The van der Waals surface area contributed by atoms with Crippen LogP contribution in [0, 0.1) is 0 Å². The van der Waals surface area contributed by atoms with Gasteiger partial charge in [-0.2, -0.15) is 0 Å². The van der Waals surface area contributed by atoms with Gasteiger partial charge in [-0.15, -0.1) is 0 Å². The van der Waals surface area contributed by atoms with Crippen LogP contribution in [-0.4, -0.2) is 25.8 Å². The lowest BCUT2D eigenvalue weighted by Gasteiger charge is -2.35. The summed E-state index contributed by atoms with van der Waals surface area (Å²) < 4.78 is 0. The molecule has 2 aliphatic rings. The van der Waals surface area contributed by atoms with Gasteiger partial charge >= 0.3 is 0 Å². The largest absolute Gasteiger partial charge is 0.378 e. The molecule has 0 unspecified atom stereocenters. The molecule has 6 heteroatoms. The average molecular weight is 500 g/mol. The lowest BCUT2D eigenvalue weighted by molar-refractivity contribution is -0.119. The van der Waals surface area contributed by atoms with Crippen LogP contribution in [-0.2, 0) is 9.59 Å². The van der Waals surface area contributed by atoms with E-state index in [0.29, 0.717) is 29.9 Å². The minimum Gasteiger partial charge on any atom is -0.378 e. The molecule has 3 aromatic rings. The third-order valence-corrected chi connectivity index (χ3v) is 7.38. The van der Waals surface area contributed by atoms with Gasteiger partial charge in [-0.1, -0.05) is 54.9 Å². The molecule has 0 bridgehead atoms. The zero-order chi connectivity index (χ0) is 25.4. The number of para-hydroxylation sites is 2. The summed E-state index contributed by atoms with van der Waals surface area (Å²) >= 11 is 6.12. The van der Waals surface area contributed by atoms with Gasteiger partial charge in [0.2, 0.25) is 5.91 Å². The first-order valence-electron chi connectivity index (χ1n) is 12.3. The molecule has 5 rings (SSSR count). The summed E-state index contributed by atoms with van der Waals surface area (Å²) in [6, 6.07) is 23.2. The van der Waals surface area contributed by atoms with Crippen molar-refractivity contribution >= 4 is 40.4 Å². The summed E-state index contributed by atoms with van der Waals surface area (Å²) in [6.07, 6.45) is 1.40. The number of benzene rings is 3. The molecule has 5 nitrogen and oxygen atoms in total. The molecule has 3 aromatic carbocycles. The van der Waals surface area contributed by atoms with Crippen LogP contribution >= 0.6 is 11.6 Å². The number of carbonyl (C=O) groups is 2. The van der Waals surface area contributed by atoms with Crippen molar-refractivity contribution < 1.29 is 9.59 Å². The Morgan fingerprint density at radius 3 is 2.31 bits per heavy atom. The number of fused-ring (bicyclic) bond motifs is 1. The average Bonchev–Trinajstić information content (AvgIpc) is 3.03. The number of carbonyl (C=O) groups excluding carboxylic acids is 2. The SMILES string of the molecule is CCC(=O)N1c2ccccc2NC2=C(C(=O)C[C@H](c3ccc(Cl)cc3)C2)[C@H]1c1ccc(N(C)C)cc1. The topological polar surface area (TPSA) is 52.7 Å². The smallest absolute Gasteiger partial charge is 0.227 e. The third kappa shape index (κ3) is 4.40. The number of halogens is 1. The number of ketones is 1. The van der Waals surface area contributed by atoms with Crippen molar-refractivity contribution in [1.82, 2.24) is 0 Å². The standard InChI is InChI=1S/C30H30ClN3O2/c1-4-28(36)34-26-8-6-5-7-24(26)32-25-17-21(19-9-13-22(31)14-10-19)18-27(35)29(25)30(34)20-11-15-23(16-12-20)33(2)3/h5-16,21,30,32H,4,17-18H2,1-3H3/t21-,30-/m1/s1. The van der Waals surface area contributed by atoms with Crippen molar-refractivity contribution in [2.75, 3.05) is 29.2 Å². The maximum Gasteiger partial charge on any atom is 0.227 e. The highest BCUT2D eigenvalue weighted by atomic mass is 35.5. The van der Waals surface area contributed by atoms with E-state index in [-0.39, 0.29) is 17.6 Å². The summed E-state index contributed by atoms with van der Waals surface area (Å²) in [5.74, 6) is 0.0813. The van der Waals surface area contributed by atoms with Crippen LogP contribution in [0.15, 0.2) is 84.1 Å². The lowest BCUT2D eigenvalue weighted by Crippen LogP contribution is -2.38. The summed E-state index contributed by atoms with van der Waals surface area (Å²) in [6.45, 7) is 1.87. The van der Waals surface area contributed by atoms with E-state index < -0.39 is 6.04 Å². The van der Waals surface area contributed by atoms with Gasteiger partial charge in [0, 0.05) is 48.9 Å². The highest BCUT2D eigenvalue weighted by molar-refractivity contribution is 6.30. The zero-order valence-corrected chi connectivity index (χ0v) is 21.5. The van der Waals surface area contributed by atoms with E-state index >= 15 is 0 Å². The minimum atomic E-state index is -0.501. The van der Waals surface area contributed by atoms with E-state index in [1.807, 2.05) is 104 Å². The Hall–Kier alpha value is -3.57. The fourth-order valence-corrected chi connectivity index (χ4v) is 5.40. The maximum absolute atomic E-state index is 13.9. The van der Waals surface area contributed by atoms with Gasteiger partial charge in [0.1, 0.15) is 0 Å². The Labute approximate surface area is 217 Å². The van der Waals surface area contributed by atoms with Gasteiger partial charge in [0.15, 0.2) is 5.78 Å². The van der Waals surface area contributed by atoms with Crippen molar-refractivity contribution in [3.05, 3.63) is 100 Å². The van der Waals surface area contributed by atoms with Crippen molar-refractivity contribution in [2.24, 2.45) is 0 Å². The second-order valence-electron chi connectivity index (χ2n) is 9.62. The number of hydrogen-bond acceptors (Lipinski definition) is 4. The van der Waals surface area contributed by atoms with Crippen molar-refractivity contribution in [2.45, 2.75) is 38.1 Å². The van der Waals surface area contributed by atoms with Crippen LogP contribution in [0.2, 0.25) is 5.02 Å². The van der Waals surface area contributed by atoms with E-state index in [2.05, 4.69) is 5.32 Å². The monoisotopic (exact) mass is 499 g/mol. The molecule has 0 radical (unpaired) electrons. The Kier molecular flexibility index (Phi) is 6.59. The van der Waals surface area contributed by atoms with Crippen molar-refractivity contribution in [3.8, 4) is 0 Å². The molecule has 0 aromatic heterocycles. The first-order valence-corrected chi connectivity index (χ1v) is 12.7. The number of allylic oxidation sites excluding steroid dienone is 1. The van der Waals surface area contributed by atoms with Crippen LogP contribution < -0.4 is 15.1 Å². The Balaban J connectivity index is 1.68. The molecular formula is C30H30ClN3O2. The van der Waals surface area contributed by atoms with E-state index in [0.717, 1.165) is 33.9 Å². The number of hydrogen-bond donors (Lipinski definition) is 1. The van der Waals surface area contributed by atoms with Crippen LogP contribution in [0.3, 0.4) is 0 Å². The zero-order valence-electron chi connectivity index (χ0n) is 20.8. The van der Waals surface area contributed by atoms with Crippen LogP contribution in [0.25, 0.3) is 0 Å². The normalized spacial score (nSPS) is 19.2. The molecule has 184 valence electrons. The highest BCUT2D eigenvalue weighted by Gasteiger charge is 2.41. The summed E-state index contributed by atoms with van der Waals surface area (Å²) in [5, 5.41) is 4.25. The number of amides is 1. The fraction of sp³-hybridized carbons (Fsp3) is 0.267. The van der Waals surface area contributed by atoms with E-state index in [1.165, 1.54) is 0 Å². The molecule has 1 amide bonds. The fourth-order valence-electron chi connectivity index (χ4n) is 5.28. The predicted molar refractivity (Wildman–Crippen MR) is 147 cm³/mol. The Morgan fingerprint density at radius 2 is 1.64 bits per heavy atom. The summed E-state index contributed by atoms with van der Waals surface area (Å²) in [4.78, 5) is 31.3. The summed E-state index contributed by atoms with van der Waals surface area (Å²) in [7, 11) is 3.99. The molecule has 1 N–H and O–H groups in total. The first kappa shape index (κ1) is 24.1. The minimum absolute atomic E-state index is 0.0210. The molecule has 0 saturated carbocycles. The highest BCUT2D eigenvalue weighted by Crippen LogP contribution is 2.47. The Morgan fingerprint density at radius 1 is 0.972 bits per heavy atom. The van der Waals surface area contributed by atoms with Gasteiger partial charge in [-0.05, 0) is 59.9 Å². The third-order valence-electron chi connectivity index (χ3n) is 7.13. The predicted octanol–water partition coefficient (Wildman–Crippen LogP) is 6.72.